The van der Waals surface area contributed by atoms with E-state index < -0.39 is 10.0 Å². The number of thiocarbonyl (C=S) groups is 1. The SMILES string of the molecule is CC(C)CC(=O)NC(=S)Nc1ccc(S(=O)(=O)N(C)c2ccccc2)cc1. The molecule has 0 aliphatic carbocycles. The van der Waals surface area contributed by atoms with Gasteiger partial charge in [0.15, 0.2) is 5.11 Å². The second-order valence-electron chi connectivity index (χ2n) is 6.43. The third-order valence-corrected chi connectivity index (χ3v) is 5.74. The summed E-state index contributed by atoms with van der Waals surface area (Å²) >= 11 is 5.11. The van der Waals surface area contributed by atoms with Crippen molar-refractivity contribution in [2.45, 2.75) is 25.2 Å². The lowest BCUT2D eigenvalue weighted by atomic mass is 10.1. The molecule has 144 valence electrons. The van der Waals surface area contributed by atoms with Gasteiger partial charge in [-0.3, -0.25) is 9.10 Å². The summed E-state index contributed by atoms with van der Waals surface area (Å²) in [5.41, 5.74) is 1.17. The number of carbonyl (C=O) groups excluding carboxylic acids is 1. The predicted molar refractivity (Wildman–Crippen MR) is 112 cm³/mol. The number of sulfonamides is 1. The maximum Gasteiger partial charge on any atom is 0.264 e. The van der Waals surface area contributed by atoms with Crippen LogP contribution in [0.15, 0.2) is 59.5 Å². The smallest absolute Gasteiger partial charge is 0.264 e. The Labute approximate surface area is 165 Å². The van der Waals surface area contributed by atoms with Gasteiger partial charge in [-0.1, -0.05) is 32.0 Å². The standard InChI is InChI=1S/C19H23N3O3S2/c1-14(2)13-18(23)21-19(26)20-15-9-11-17(12-10-15)27(24,25)22(3)16-7-5-4-6-8-16/h4-12,14H,13H2,1-3H3,(H2,20,21,23,26). The molecule has 0 saturated carbocycles. The van der Waals surface area contributed by atoms with Crippen LogP contribution in [0, 0.1) is 5.92 Å². The van der Waals surface area contributed by atoms with E-state index in [1.165, 1.54) is 23.5 Å². The molecule has 2 rings (SSSR count). The summed E-state index contributed by atoms with van der Waals surface area (Å²) in [6, 6.07) is 15.0. The van der Waals surface area contributed by atoms with E-state index in [4.69, 9.17) is 12.2 Å². The molecule has 0 radical (unpaired) electrons. The average molecular weight is 406 g/mol. The molecule has 8 heteroatoms. The molecule has 0 aliphatic rings. The van der Waals surface area contributed by atoms with Crippen LogP contribution in [0.2, 0.25) is 0 Å². The van der Waals surface area contributed by atoms with E-state index in [1.807, 2.05) is 19.9 Å². The predicted octanol–water partition coefficient (Wildman–Crippen LogP) is 3.37. The quantitative estimate of drug-likeness (QED) is 0.721. The molecule has 0 aromatic heterocycles. The van der Waals surface area contributed by atoms with E-state index in [1.54, 1.807) is 36.4 Å². The van der Waals surface area contributed by atoms with Gasteiger partial charge in [0.2, 0.25) is 5.91 Å². The highest BCUT2D eigenvalue weighted by Crippen LogP contribution is 2.22. The topological polar surface area (TPSA) is 78.5 Å². The molecule has 0 heterocycles. The number of hydrogen-bond donors (Lipinski definition) is 2. The van der Waals surface area contributed by atoms with E-state index in [9.17, 15) is 13.2 Å². The first-order valence-corrected chi connectivity index (χ1v) is 10.3. The summed E-state index contributed by atoms with van der Waals surface area (Å²) in [5, 5.41) is 5.65. The minimum atomic E-state index is -3.67. The van der Waals surface area contributed by atoms with Gasteiger partial charge >= 0.3 is 0 Å². The Bertz CT molecular complexity index is 896. The second-order valence-corrected chi connectivity index (χ2v) is 8.81. The van der Waals surface area contributed by atoms with Crippen LogP contribution in [-0.2, 0) is 14.8 Å². The number of hydrogen-bond acceptors (Lipinski definition) is 4. The Morgan fingerprint density at radius 3 is 2.22 bits per heavy atom. The summed E-state index contributed by atoms with van der Waals surface area (Å²) in [6.45, 7) is 3.89. The van der Waals surface area contributed by atoms with Gasteiger partial charge < -0.3 is 10.6 Å². The highest BCUT2D eigenvalue weighted by atomic mass is 32.2. The van der Waals surface area contributed by atoms with Crippen molar-refractivity contribution in [2.75, 3.05) is 16.7 Å². The molecule has 0 atom stereocenters. The molecule has 1 amide bonds. The Balaban J connectivity index is 2.06. The molecule has 2 aromatic rings. The van der Waals surface area contributed by atoms with E-state index in [2.05, 4.69) is 10.6 Å². The van der Waals surface area contributed by atoms with Gasteiger partial charge in [-0.05, 0) is 54.5 Å². The molecule has 0 saturated heterocycles. The molecule has 2 aromatic carbocycles. The fourth-order valence-corrected chi connectivity index (χ4v) is 3.78. The zero-order valence-electron chi connectivity index (χ0n) is 15.5. The van der Waals surface area contributed by atoms with Crippen LogP contribution in [0.5, 0.6) is 0 Å². The number of nitrogens with zero attached hydrogens (tertiary/aromatic N) is 1. The molecule has 0 fully saturated rings. The number of amides is 1. The monoisotopic (exact) mass is 405 g/mol. The molecule has 0 bridgehead atoms. The van der Waals surface area contributed by atoms with Crippen LogP contribution in [0.3, 0.4) is 0 Å². The molecular formula is C19H23N3O3S2. The van der Waals surface area contributed by atoms with E-state index in [-0.39, 0.29) is 21.8 Å². The molecule has 0 spiro atoms. The van der Waals surface area contributed by atoms with Crippen molar-refractivity contribution in [1.82, 2.24) is 5.32 Å². The zero-order valence-corrected chi connectivity index (χ0v) is 17.1. The number of anilines is 2. The van der Waals surface area contributed by atoms with Crippen molar-refractivity contribution >= 4 is 44.6 Å². The maximum absolute atomic E-state index is 12.7. The Morgan fingerprint density at radius 1 is 1.07 bits per heavy atom. The van der Waals surface area contributed by atoms with Gasteiger partial charge in [-0.2, -0.15) is 0 Å². The van der Waals surface area contributed by atoms with Crippen LogP contribution < -0.4 is 14.9 Å². The Kier molecular flexibility index (Phi) is 6.92. The lowest BCUT2D eigenvalue weighted by molar-refractivity contribution is -0.120. The molecular weight excluding hydrogens is 382 g/mol. The second kappa shape index (κ2) is 8.96. The molecule has 6 nitrogen and oxygen atoms in total. The van der Waals surface area contributed by atoms with Crippen molar-refractivity contribution in [3.05, 3.63) is 54.6 Å². The number of benzene rings is 2. The number of nitrogens with one attached hydrogen (secondary N) is 2. The van der Waals surface area contributed by atoms with E-state index in [0.717, 1.165) is 0 Å². The molecule has 27 heavy (non-hydrogen) atoms. The largest absolute Gasteiger partial charge is 0.332 e. The Hall–Kier alpha value is -2.45. The van der Waals surface area contributed by atoms with Gasteiger partial charge in [0, 0.05) is 19.2 Å². The van der Waals surface area contributed by atoms with Gasteiger partial charge in [-0.15, -0.1) is 0 Å². The van der Waals surface area contributed by atoms with Crippen molar-refractivity contribution in [2.24, 2.45) is 5.92 Å². The normalized spacial score (nSPS) is 11.1. The van der Waals surface area contributed by atoms with Gasteiger partial charge in [0.25, 0.3) is 10.0 Å². The number of carbonyl (C=O) groups is 1. The molecule has 0 aliphatic heterocycles. The van der Waals surface area contributed by atoms with Crippen LogP contribution in [0.25, 0.3) is 0 Å². The molecule has 0 unspecified atom stereocenters. The van der Waals surface area contributed by atoms with E-state index in [0.29, 0.717) is 17.8 Å². The average Bonchev–Trinajstić information content (AvgIpc) is 2.61. The number of rotatable bonds is 6. The van der Waals surface area contributed by atoms with Crippen LogP contribution >= 0.6 is 12.2 Å². The van der Waals surface area contributed by atoms with Crippen molar-refractivity contribution in [1.29, 1.82) is 0 Å². The zero-order chi connectivity index (χ0) is 20.0. The minimum absolute atomic E-state index is 0.161. The fraction of sp³-hybridized carbons (Fsp3) is 0.263. The minimum Gasteiger partial charge on any atom is -0.332 e. The fourth-order valence-electron chi connectivity index (χ4n) is 2.36. The highest BCUT2D eigenvalue weighted by molar-refractivity contribution is 7.92. The first-order chi connectivity index (χ1) is 12.7. The summed E-state index contributed by atoms with van der Waals surface area (Å²) < 4.78 is 26.7. The van der Waals surface area contributed by atoms with Crippen LogP contribution in [-0.4, -0.2) is 26.5 Å². The molecule has 2 N–H and O–H groups in total. The maximum atomic E-state index is 12.7. The van der Waals surface area contributed by atoms with Crippen molar-refractivity contribution in [3.8, 4) is 0 Å². The summed E-state index contributed by atoms with van der Waals surface area (Å²) in [5.74, 6) is 0.0741. The first-order valence-electron chi connectivity index (χ1n) is 8.45. The summed E-state index contributed by atoms with van der Waals surface area (Å²) in [4.78, 5) is 11.9. The lowest BCUT2D eigenvalue weighted by Gasteiger charge is -2.19. The van der Waals surface area contributed by atoms with Crippen LogP contribution in [0.1, 0.15) is 20.3 Å². The van der Waals surface area contributed by atoms with Gasteiger partial charge in [0.1, 0.15) is 0 Å². The van der Waals surface area contributed by atoms with Crippen molar-refractivity contribution in [3.63, 3.8) is 0 Å². The summed E-state index contributed by atoms with van der Waals surface area (Å²) in [7, 11) is -2.16. The third-order valence-electron chi connectivity index (χ3n) is 3.74. The summed E-state index contributed by atoms with van der Waals surface area (Å²) in [6.07, 6.45) is 0.380. The van der Waals surface area contributed by atoms with Crippen molar-refractivity contribution < 1.29 is 13.2 Å². The number of para-hydroxylation sites is 1. The van der Waals surface area contributed by atoms with Gasteiger partial charge in [0.05, 0.1) is 10.6 Å². The van der Waals surface area contributed by atoms with Crippen LogP contribution in [0.4, 0.5) is 11.4 Å². The van der Waals surface area contributed by atoms with Gasteiger partial charge in [-0.25, -0.2) is 8.42 Å². The lowest BCUT2D eigenvalue weighted by Crippen LogP contribution is -2.34. The first kappa shape index (κ1) is 20.9. The van der Waals surface area contributed by atoms with E-state index >= 15 is 0 Å². The highest BCUT2D eigenvalue weighted by Gasteiger charge is 2.21. The Morgan fingerprint density at radius 2 is 1.67 bits per heavy atom. The third kappa shape index (κ3) is 5.77.